The Hall–Kier alpha value is -2.68. The van der Waals surface area contributed by atoms with Crippen molar-refractivity contribution < 1.29 is 14.3 Å². The van der Waals surface area contributed by atoms with Crippen molar-refractivity contribution in [3.63, 3.8) is 0 Å². The van der Waals surface area contributed by atoms with Crippen molar-refractivity contribution in [1.82, 2.24) is 14.8 Å². The Morgan fingerprint density at radius 2 is 1.97 bits per heavy atom. The number of ether oxygens (including phenoxy) is 1. The Kier molecular flexibility index (Phi) is 5.99. The number of para-hydroxylation sites is 1. The SMILES string of the molecule is O=C(Cn1c2c(c3cc(Br)ccc31)CC(=O)Nc1ccccc1-2)NCCN1CCOCC1. The molecule has 2 aliphatic rings. The zero-order valence-corrected chi connectivity index (χ0v) is 19.3. The van der Waals surface area contributed by atoms with E-state index in [0.717, 1.165) is 70.7 Å². The van der Waals surface area contributed by atoms with Gasteiger partial charge in [0.2, 0.25) is 11.8 Å². The van der Waals surface area contributed by atoms with Crippen LogP contribution in [0, 0.1) is 0 Å². The molecule has 0 unspecified atom stereocenters. The van der Waals surface area contributed by atoms with E-state index in [9.17, 15) is 9.59 Å². The molecule has 0 bridgehead atoms. The molecular formula is C24H25BrN4O3. The molecule has 32 heavy (non-hydrogen) atoms. The maximum absolute atomic E-state index is 12.9. The van der Waals surface area contributed by atoms with E-state index in [1.807, 2.05) is 47.0 Å². The second-order valence-electron chi connectivity index (χ2n) is 8.15. The maximum Gasteiger partial charge on any atom is 0.240 e. The molecule has 1 aromatic heterocycles. The average molecular weight is 497 g/mol. The molecule has 1 fully saturated rings. The van der Waals surface area contributed by atoms with Gasteiger partial charge in [-0.25, -0.2) is 0 Å². The van der Waals surface area contributed by atoms with Gasteiger partial charge in [0.25, 0.3) is 0 Å². The van der Waals surface area contributed by atoms with E-state index in [-0.39, 0.29) is 24.8 Å². The van der Waals surface area contributed by atoms with Crippen LogP contribution < -0.4 is 10.6 Å². The number of fused-ring (bicyclic) bond motifs is 5. The van der Waals surface area contributed by atoms with E-state index >= 15 is 0 Å². The summed E-state index contributed by atoms with van der Waals surface area (Å²) in [5, 5.41) is 7.06. The number of hydrogen-bond donors (Lipinski definition) is 2. The molecule has 7 nitrogen and oxygen atoms in total. The summed E-state index contributed by atoms with van der Waals surface area (Å²) in [6.07, 6.45) is 0.266. The first kappa shape index (κ1) is 21.2. The lowest BCUT2D eigenvalue weighted by Crippen LogP contribution is -2.41. The summed E-state index contributed by atoms with van der Waals surface area (Å²) < 4.78 is 8.37. The topological polar surface area (TPSA) is 75.6 Å². The maximum atomic E-state index is 12.9. The second kappa shape index (κ2) is 9.05. The third-order valence-electron chi connectivity index (χ3n) is 6.08. The second-order valence-corrected chi connectivity index (χ2v) is 9.06. The summed E-state index contributed by atoms with van der Waals surface area (Å²) in [5.41, 5.74) is 4.53. The van der Waals surface area contributed by atoms with Crippen molar-refractivity contribution in [2.24, 2.45) is 0 Å². The summed E-state index contributed by atoms with van der Waals surface area (Å²) in [5.74, 6) is -0.0907. The summed E-state index contributed by atoms with van der Waals surface area (Å²) in [7, 11) is 0. The number of hydrogen-bond acceptors (Lipinski definition) is 4. The summed E-state index contributed by atoms with van der Waals surface area (Å²) in [4.78, 5) is 27.9. The number of halogens is 1. The minimum absolute atomic E-state index is 0.0399. The zero-order valence-electron chi connectivity index (χ0n) is 17.7. The fourth-order valence-electron chi connectivity index (χ4n) is 4.58. The number of carbonyl (C=O) groups is 2. The van der Waals surface area contributed by atoms with Crippen LogP contribution in [0.4, 0.5) is 5.69 Å². The van der Waals surface area contributed by atoms with Crippen LogP contribution in [0.3, 0.4) is 0 Å². The molecule has 0 spiro atoms. The van der Waals surface area contributed by atoms with Crippen LogP contribution >= 0.6 is 15.9 Å². The first-order valence-corrected chi connectivity index (χ1v) is 11.7. The molecule has 0 aliphatic carbocycles. The Bertz CT molecular complexity index is 1180. The van der Waals surface area contributed by atoms with Crippen molar-refractivity contribution in [2.75, 3.05) is 44.7 Å². The van der Waals surface area contributed by atoms with Gasteiger partial charge in [-0.1, -0.05) is 34.1 Å². The largest absolute Gasteiger partial charge is 0.379 e. The monoisotopic (exact) mass is 496 g/mol. The molecule has 2 N–H and O–H groups in total. The standard InChI is InChI=1S/C24H25BrN4O3/c25-16-5-6-21-18(13-16)19-14-22(30)27-20-4-2-1-3-17(20)24(19)29(21)15-23(31)26-7-8-28-9-11-32-12-10-28/h1-6,13H,7-12,14-15H2,(H,26,31)(H,27,30). The van der Waals surface area contributed by atoms with E-state index in [0.29, 0.717) is 6.54 Å². The molecule has 2 amide bonds. The highest BCUT2D eigenvalue weighted by Crippen LogP contribution is 2.40. The van der Waals surface area contributed by atoms with Gasteiger partial charge in [-0.05, 0) is 29.8 Å². The van der Waals surface area contributed by atoms with Crippen LogP contribution in [-0.2, 0) is 27.3 Å². The van der Waals surface area contributed by atoms with Gasteiger partial charge in [0.1, 0.15) is 6.54 Å². The Labute approximate surface area is 194 Å². The van der Waals surface area contributed by atoms with Crippen LogP contribution in [0.5, 0.6) is 0 Å². The van der Waals surface area contributed by atoms with E-state index < -0.39 is 0 Å². The first-order chi connectivity index (χ1) is 15.6. The summed E-state index contributed by atoms with van der Waals surface area (Å²) in [6, 6.07) is 13.8. The molecule has 3 aromatic rings. The Balaban J connectivity index is 1.47. The Morgan fingerprint density at radius 3 is 2.81 bits per heavy atom. The fraction of sp³-hybridized carbons (Fsp3) is 0.333. The number of anilines is 1. The van der Waals surface area contributed by atoms with Gasteiger partial charge in [0.05, 0.1) is 31.0 Å². The quantitative estimate of drug-likeness (QED) is 0.569. The number of morpholine rings is 1. The highest BCUT2D eigenvalue weighted by Gasteiger charge is 2.26. The molecule has 2 aliphatic heterocycles. The van der Waals surface area contributed by atoms with Crippen LogP contribution in [0.15, 0.2) is 46.9 Å². The molecule has 8 heteroatoms. The van der Waals surface area contributed by atoms with Gasteiger partial charge in [-0.3, -0.25) is 14.5 Å². The predicted octanol–water partition coefficient (Wildman–Crippen LogP) is 3.01. The molecule has 3 heterocycles. The number of benzene rings is 2. The van der Waals surface area contributed by atoms with Crippen LogP contribution in [0.2, 0.25) is 0 Å². The van der Waals surface area contributed by atoms with Crippen LogP contribution in [-0.4, -0.2) is 60.7 Å². The smallest absolute Gasteiger partial charge is 0.240 e. The van der Waals surface area contributed by atoms with Crippen LogP contribution in [0.1, 0.15) is 5.56 Å². The number of nitrogens with one attached hydrogen (secondary N) is 2. The van der Waals surface area contributed by atoms with Gasteiger partial charge >= 0.3 is 0 Å². The number of carbonyl (C=O) groups excluding carboxylic acids is 2. The molecular weight excluding hydrogens is 472 g/mol. The van der Waals surface area contributed by atoms with E-state index in [4.69, 9.17) is 4.74 Å². The van der Waals surface area contributed by atoms with Gasteiger partial charge in [0.15, 0.2) is 0 Å². The zero-order chi connectivity index (χ0) is 22.1. The average Bonchev–Trinajstić information content (AvgIpc) is 2.97. The van der Waals surface area contributed by atoms with Crippen LogP contribution in [0.25, 0.3) is 22.2 Å². The van der Waals surface area contributed by atoms with Gasteiger partial charge in [-0.2, -0.15) is 0 Å². The lowest BCUT2D eigenvalue weighted by molar-refractivity contribution is -0.121. The lowest BCUT2D eigenvalue weighted by Gasteiger charge is -2.26. The molecule has 2 aromatic carbocycles. The van der Waals surface area contributed by atoms with Gasteiger partial charge in [-0.15, -0.1) is 0 Å². The fourth-order valence-corrected chi connectivity index (χ4v) is 4.94. The Morgan fingerprint density at radius 1 is 1.16 bits per heavy atom. The van der Waals surface area contributed by atoms with E-state index in [1.54, 1.807) is 0 Å². The van der Waals surface area contributed by atoms with Crippen molar-refractivity contribution in [1.29, 1.82) is 0 Å². The minimum atomic E-state index is -0.0508. The molecule has 166 valence electrons. The number of nitrogens with zero attached hydrogens (tertiary/aromatic N) is 2. The highest BCUT2D eigenvalue weighted by atomic mass is 79.9. The van der Waals surface area contributed by atoms with Gasteiger partial charge in [0, 0.05) is 47.1 Å². The molecule has 0 radical (unpaired) electrons. The van der Waals surface area contributed by atoms with Gasteiger partial charge < -0.3 is 19.9 Å². The highest BCUT2D eigenvalue weighted by molar-refractivity contribution is 9.10. The lowest BCUT2D eigenvalue weighted by atomic mass is 10.0. The minimum Gasteiger partial charge on any atom is -0.379 e. The summed E-state index contributed by atoms with van der Waals surface area (Å²) in [6.45, 7) is 4.90. The molecule has 1 saturated heterocycles. The number of rotatable bonds is 5. The molecule has 0 saturated carbocycles. The number of amides is 2. The molecule has 0 atom stereocenters. The normalized spacial score (nSPS) is 16.2. The predicted molar refractivity (Wildman–Crippen MR) is 128 cm³/mol. The van der Waals surface area contributed by atoms with Crippen molar-refractivity contribution in [3.05, 3.63) is 52.5 Å². The number of aromatic nitrogens is 1. The van der Waals surface area contributed by atoms with E-state index in [1.165, 1.54) is 0 Å². The third-order valence-corrected chi connectivity index (χ3v) is 6.57. The van der Waals surface area contributed by atoms with Crippen molar-refractivity contribution >= 4 is 44.3 Å². The molecule has 5 rings (SSSR count). The van der Waals surface area contributed by atoms with E-state index in [2.05, 4.69) is 31.5 Å². The van der Waals surface area contributed by atoms with Crippen molar-refractivity contribution in [3.8, 4) is 11.3 Å². The summed E-state index contributed by atoms with van der Waals surface area (Å²) >= 11 is 3.56. The first-order valence-electron chi connectivity index (χ1n) is 10.9. The third kappa shape index (κ3) is 4.18. The van der Waals surface area contributed by atoms with Crippen molar-refractivity contribution in [2.45, 2.75) is 13.0 Å².